The summed E-state index contributed by atoms with van der Waals surface area (Å²) in [6.45, 7) is 6.49. The van der Waals surface area contributed by atoms with Crippen molar-refractivity contribution in [1.82, 2.24) is 15.1 Å². The van der Waals surface area contributed by atoms with Gasteiger partial charge in [-0.1, -0.05) is 13.3 Å². The lowest BCUT2D eigenvalue weighted by atomic mass is 10.2. The van der Waals surface area contributed by atoms with Crippen LogP contribution in [0, 0.1) is 0 Å². The summed E-state index contributed by atoms with van der Waals surface area (Å²) in [4.78, 5) is 15.8. The minimum Gasteiger partial charge on any atom is -0.349 e. The van der Waals surface area contributed by atoms with Gasteiger partial charge in [-0.2, -0.15) is 0 Å². The van der Waals surface area contributed by atoms with Crippen molar-refractivity contribution in [1.29, 1.82) is 0 Å². The molecule has 1 rings (SSSR count). The molecule has 0 aromatic heterocycles. The molecule has 0 spiro atoms. The monoisotopic (exact) mass is 255 g/mol. The van der Waals surface area contributed by atoms with Gasteiger partial charge in [0.2, 0.25) is 5.91 Å². The first-order chi connectivity index (χ1) is 8.63. The third-order valence-corrected chi connectivity index (χ3v) is 3.61. The summed E-state index contributed by atoms with van der Waals surface area (Å²) in [7, 11) is 3.66. The molecule has 0 aliphatic carbocycles. The van der Waals surface area contributed by atoms with Gasteiger partial charge in [-0.25, -0.2) is 0 Å². The van der Waals surface area contributed by atoms with Crippen LogP contribution in [0.4, 0.5) is 0 Å². The zero-order chi connectivity index (χ0) is 13.4. The van der Waals surface area contributed by atoms with Crippen LogP contribution in [-0.2, 0) is 4.79 Å². The average Bonchev–Trinajstić information content (AvgIpc) is 2.84. The highest BCUT2D eigenvalue weighted by molar-refractivity contribution is 5.75. The van der Waals surface area contributed by atoms with Gasteiger partial charge in [-0.05, 0) is 32.4 Å². The number of hydrogen-bond donors (Lipinski definition) is 1. The van der Waals surface area contributed by atoms with Crippen molar-refractivity contribution in [3.8, 4) is 0 Å². The van der Waals surface area contributed by atoms with E-state index in [9.17, 15) is 4.79 Å². The molecule has 1 amide bonds. The Morgan fingerprint density at radius 3 is 2.67 bits per heavy atom. The van der Waals surface area contributed by atoms with Gasteiger partial charge in [0, 0.05) is 39.6 Å². The highest BCUT2D eigenvalue weighted by Gasteiger charge is 2.18. The molecule has 4 heteroatoms. The molecule has 1 aliphatic rings. The van der Waals surface area contributed by atoms with Gasteiger partial charge in [0.15, 0.2) is 0 Å². The zero-order valence-corrected chi connectivity index (χ0v) is 12.2. The van der Waals surface area contributed by atoms with Crippen molar-refractivity contribution in [2.75, 3.05) is 40.3 Å². The predicted molar refractivity (Wildman–Crippen MR) is 75.7 cm³/mol. The molecule has 0 radical (unpaired) electrons. The Morgan fingerprint density at radius 2 is 2.11 bits per heavy atom. The van der Waals surface area contributed by atoms with E-state index in [-0.39, 0.29) is 5.91 Å². The molecule has 1 saturated heterocycles. The van der Waals surface area contributed by atoms with Crippen molar-refractivity contribution in [3.05, 3.63) is 0 Å². The van der Waals surface area contributed by atoms with E-state index in [1.807, 2.05) is 14.1 Å². The van der Waals surface area contributed by atoms with E-state index in [1.165, 1.54) is 25.7 Å². The highest BCUT2D eigenvalue weighted by atomic mass is 16.2. The lowest BCUT2D eigenvalue weighted by Crippen LogP contribution is -2.39. The summed E-state index contributed by atoms with van der Waals surface area (Å²) in [5.74, 6) is 0.232. The summed E-state index contributed by atoms with van der Waals surface area (Å²) in [5, 5.41) is 3.54. The number of carbonyl (C=O) groups excluding carboxylic acids is 1. The first-order valence-electron chi connectivity index (χ1n) is 7.29. The molecule has 0 bridgehead atoms. The van der Waals surface area contributed by atoms with Gasteiger partial charge in [-0.3, -0.25) is 4.79 Å². The summed E-state index contributed by atoms with van der Waals surface area (Å²) in [5.41, 5.74) is 0. The van der Waals surface area contributed by atoms with Gasteiger partial charge in [0.1, 0.15) is 0 Å². The van der Waals surface area contributed by atoms with E-state index in [0.29, 0.717) is 12.5 Å². The van der Waals surface area contributed by atoms with Crippen molar-refractivity contribution < 1.29 is 4.79 Å². The van der Waals surface area contributed by atoms with Crippen molar-refractivity contribution in [3.63, 3.8) is 0 Å². The molecule has 1 fully saturated rings. The molecule has 1 heterocycles. The zero-order valence-electron chi connectivity index (χ0n) is 12.2. The molecule has 4 nitrogen and oxygen atoms in total. The standard InChI is InChI=1S/C14H29N3O/c1-4-5-10-17(11-8-14(18)16(2)3)12-13-7-6-9-15-13/h13,15H,4-12H2,1-3H3. The van der Waals surface area contributed by atoms with Gasteiger partial charge in [0.05, 0.1) is 0 Å². The summed E-state index contributed by atoms with van der Waals surface area (Å²) < 4.78 is 0. The maximum Gasteiger partial charge on any atom is 0.223 e. The first kappa shape index (κ1) is 15.4. The Labute approximate surface area is 112 Å². The fraction of sp³-hybridized carbons (Fsp3) is 0.929. The van der Waals surface area contributed by atoms with Crippen LogP contribution >= 0.6 is 0 Å². The van der Waals surface area contributed by atoms with Gasteiger partial charge in [-0.15, -0.1) is 0 Å². The van der Waals surface area contributed by atoms with Crippen LogP contribution in [0.2, 0.25) is 0 Å². The fourth-order valence-electron chi connectivity index (χ4n) is 2.38. The Morgan fingerprint density at radius 1 is 1.33 bits per heavy atom. The van der Waals surface area contributed by atoms with Crippen LogP contribution in [0.5, 0.6) is 0 Å². The Bertz CT molecular complexity index is 237. The van der Waals surface area contributed by atoms with E-state index < -0.39 is 0 Å². The molecule has 0 aromatic rings. The lowest BCUT2D eigenvalue weighted by Gasteiger charge is -2.25. The minimum atomic E-state index is 0.232. The second-order valence-corrected chi connectivity index (χ2v) is 5.49. The van der Waals surface area contributed by atoms with Crippen LogP contribution in [0.1, 0.15) is 39.0 Å². The minimum absolute atomic E-state index is 0.232. The third kappa shape index (κ3) is 5.83. The SMILES string of the molecule is CCCCN(CCC(=O)N(C)C)CC1CCCN1. The smallest absolute Gasteiger partial charge is 0.223 e. The topological polar surface area (TPSA) is 35.6 Å². The van der Waals surface area contributed by atoms with Gasteiger partial charge < -0.3 is 15.1 Å². The molecule has 1 N–H and O–H groups in total. The molecule has 0 saturated carbocycles. The fourth-order valence-corrected chi connectivity index (χ4v) is 2.38. The Balaban J connectivity index is 2.31. The summed E-state index contributed by atoms with van der Waals surface area (Å²) >= 11 is 0. The average molecular weight is 255 g/mol. The molecule has 1 aliphatic heterocycles. The van der Waals surface area contributed by atoms with E-state index in [1.54, 1.807) is 4.90 Å². The molecular formula is C14H29N3O. The maximum absolute atomic E-state index is 11.6. The molecular weight excluding hydrogens is 226 g/mol. The normalized spacial score (nSPS) is 19.4. The predicted octanol–water partition coefficient (Wildman–Crippen LogP) is 1.32. The van der Waals surface area contributed by atoms with Crippen LogP contribution in [0.15, 0.2) is 0 Å². The van der Waals surface area contributed by atoms with E-state index in [4.69, 9.17) is 0 Å². The summed E-state index contributed by atoms with van der Waals surface area (Å²) in [6, 6.07) is 0.635. The lowest BCUT2D eigenvalue weighted by molar-refractivity contribution is -0.129. The van der Waals surface area contributed by atoms with Crippen LogP contribution in [0.25, 0.3) is 0 Å². The van der Waals surface area contributed by atoms with Crippen LogP contribution < -0.4 is 5.32 Å². The van der Waals surface area contributed by atoms with Crippen LogP contribution in [0.3, 0.4) is 0 Å². The van der Waals surface area contributed by atoms with Gasteiger partial charge in [0.25, 0.3) is 0 Å². The number of carbonyl (C=O) groups is 1. The molecule has 1 atom stereocenters. The Kier molecular flexibility index (Phi) is 7.28. The molecule has 106 valence electrons. The van der Waals surface area contributed by atoms with Crippen LogP contribution in [-0.4, -0.2) is 62.0 Å². The number of hydrogen-bond acceptors (Lipinski definition) is 3. The largest absolute Gasteiger partial charge is 0.349 e. The highest BCUT2D eigenvalue weighted by Crippen LogP contribution is 2.08. The second-order valence-electron chi connectivity index (χ2n) is 5.49. The van der Waals surface area contributed by atoms with Crippen molar-refractivity contribution >= 4 is 5.91 Å². The number of rotatable bonds is 8. The third-order valence-electron chi connectivity index (χ3n) is 3.61. The number of unbranched alkanes of at least 4 members (excludes halogenated alkanes) is 1. The number of amides is 1. The number of nitrogens with one attached hydrogen (secondary N) is 1. The molecule has 0 aromatic carbocycles. The molecule has 18 heavy (non-hydrogen) atoms. The molecule has 1 unspecified atom stereocenters. The first-order valence-corrected chi connectivity index (χ1v) is 7.29. The quantitative estimate of drug-likeness (QED) is 0.710. The maximum atomic E-state index is 11.6. The van der Waals surface area contributed by atoms with Crippen molar-refractivity contribution in [2.24, 2.45) is 0 Å². The summed E-state index contributed by atoms with van der Waals surface area (Å²) in [6.07, 6.45) is 5.66. The van der Waals surface area contributed by atoms with E-state index in [2.05, 4.69) is 17.1 Å². The van der Waals surface area contributed by atoms with Crippen molar-refractivity contribution in [2.45, 2.75) is 45.1 Å². The number of nitrogens with zero attached hydrogens (tertiary/aromatic N) is 2. The Hall–Kier alpha value is -0.610. The van der Waals surface area contributed by atoms with Gasteiger partial charge >= 0.3 is 0 Å². The van der Waals surface area contributed by atoms with E-state index in [0.717, 1.165) is 26.2 Å². The second kappa shape index (κ2) is 8.48. The van der Waals surface area contributed by atoms with E-state index >= 15 is 0 Å².